The van der Waals surface area contributed by atoms with E-state index in [1.54, 1.807) is 12.1 Å². The Morgan fingerprint density at radius 1 is 0.857 bits per heavy atom. The number of thioether (sulfide) groups is 1. The lowest BCUT2D eigenvalue weighted by atomic mass is 10.2. The summed E-state index contributed by atoms with van der Waals surface area (Å²) in [7, 11) is 0. The highest BCUT2D eigenvalue weighted by molar-refractivity contribution is 7.98. The molecule has 0 amide bonds. The molecule has 4 rings (SSSR count). The first-order valence-corrected chi connectivity index (χ1v) is 10.2. The Kier molecular flexibility index (Phi) is 5.67. The molecule has 0 aliphatic rings. The van der Waals surface area contributed by atoms with Crippen molar-refractivity contribution in [3.63, 3.8) is 0 Å². The molecule has 0 spiro atoms. The summed E-state index contributed by atoms with van der Waals surface area (Å²) in [5.74, 6) is 1.03. The fraction of sp³-hybridized carbons (Fsp3) is 0.0476. The maximum absolute atomic E-state index is 13.1. The summed E-state index contributed by atoms with van der Waals surface area (Å²) in [4.78, 5) is 0. The fourth-order valence-corrected chi connectivity index (χ4v) is 3.99. The van der Waals surface area contributed by atoms with Gasteiger partial charge in [-0.1, -0.05) is 59.2 Å². The normalized spacial score (nSPS) is 11.0. The summed E-state index contributed by atoms with van der Waals surface area (Å²) in [5, 5.41) is 10.7. The third kappa shape index (κ3) is 4.07. The average Bonchev–Trinajstić information content (AvgIpc) is 3.12. The Morgan fingerprint density at radius 3 is 2.29 bits per heavy atom. The Bertz CT molecular complexity index is 1100. The molecule has 3 aromatic carbocycles. The average molecular weight is 430 g/mol. The fourth-order valence-electron chi connectivity index (χ4n) is 2.73. The van der Waals surface area contributed by atoms with Gasteiger partial charge in [-0.05, 0) is 54.1 Å². The van der Waals surface area contributed by atoms with Gasteiger partial charge in [-0.15, -0.1) is 10.2 Å². The van der Waals surface area contributed by atoms with E-state index in [0.29, 0.717) is 26.8 Å². The minimum Gasteiger partial charge on any atom is -0.270 e. The highest BCUT2D eigenvalue weighted by atomic mass is 35.5. The molecule has 0 saturated carbocycles. The van der Waals surface area contributed by atoms with Crippen molar-refractivity contribution < 1.29 is 4.39 Å². The Morgan fingerprint density at radius 2 is 1.57 bits per heavy atom. The van der Waals surface area contributed by atoms with Gasteiger partial charge in [-0.2, -0.15) is 0 Å². The van der Waals surface area contributed by atoms with Crippen LogP contribution in [-0.4, -0.2) is 14.8 Å². The van der Waals surface area contributed by atoms with Crippen LogP contribution in [0.15, 0.2) is 78.0 Å². The van der Waals surface area contributed by atoms with E-state index in [1.165, 1.54) is 23.9 Å². The number of halogens is 3. The SMILES string of the molecule is Fc1ccc(CSc2nnc(-c3ccccc3Cl)n2-c2ccc(Cl)cc2)cc1. The van der Waals surface area contributed by atoms with E-state index in [0.717, 1.165) is 16.8 Å². The van der Waals surface area contributed by atoms with E-state index >= 15 is 0 Å². The van der Waals surface area contributed by atoms with Crippen LogP contribution >= 0.6 is 35.0 Å². The molecule has 140 valence electrons. The van der Waals surface area contributed by atoms with Crippen molar-refractivity contribution in [3.05, 3.63) is 94.2 Å². The molecule has 0 N–H and O–H groups in total. The minimum absolute atomic E-state index is 0.251. The zero-order valence-electron chi connectivity index (χ0n) is 14.5. The first-order chi connectivity index (χ1) is 13.6. The molecular weight excluding hydrogens is 416 g/mol. The van der Waals surface area contributed by atoms with Crippen LogP contribution in [0, 0.1) is 5.82 Å². The number of hydrogen-bond donors (Lipinski definition) is 0. The smallest absolute Gasteiger partial charge is 0.196 e. The van der Waals surface area contributed by atoms with E-state index in [-0.39, 0.29) is 5.82 Å². The maximum atomic E-state index is 13.1. The van der Waals surface area contributed by atoms with Gasteiger partial charge in [0.2, 0.25) is 0 Å². The zero-order valence-corrected chi connectivity index (χ0v) is 16.8. The number of nitrogens with zero attached hydrogens (tertiary/aromatic N) is 3. The van der Waals surface area contributed by atoms with Gasteiger partial charge in [-0.3, -0.25) is 4.57 Å². The molecule has 7 heteroatoms. The molecule has 3 nitrogen and oxygen atoms in total. The number of benzene rings is 3. The molecule has 0 aliphatic carbocycles. The lowest BCUT2D eigenvalue weighted by Crippen LogP contribution is -2.00. The highest BCUT2D eigenvalue weighted by Crippen LogP contribution is 2.33. The summed E-state index contributed by atoms with van der Waals surface area (Å²) in [6, 6.07) is 21.4. The lowest BCUT2D eigenvalue weighted by Gasteiger charge is -2.11. The number of aromatic nitrogens is 3. The van der Waals surface area contributed by atoms with Gasteiger partial charge < -0.3 is 0 Å². The van der Waals surface area contributed by atoms with Crippen molar-refractivity contribution in [3.8, 4) is 17.1 Å². The molecule has 0 aliphatic heterocycles. The second-order valence-corrected chi connectivity index (χ2v) is 7.80. The molecule has 1 heterocycles. The molecule has 28 heavy (non-hydrogen) atoms. The van der Waals surface area contributed by atoms with Gasteiger partial charge in [0.1, 0.15) is 5.82 Å². The van der Waals surface area contributed by atoms with Crippen molar-refractivity contribution in [2.45, 2.75) is 10.9 Å². The van der Waals surface area contributed by atoms with Gasteiger partial charge >= 0.3 is 0 Å². The third-order valence-corrected chi connectivity index (χ3v) is 5.70. The molecule has 0 unspecified atom stereocenters. The molecule has 0 atom stereocenters. The molecular formula is C21H14Cl2FN3S. The molecule has 0 saturated heterocycles. The summed E-state index contributed by atoms with van der Waals surface area (Å²) in [6.07, 6.45) is 0. The van der Waals surface area contributed by atoms with E-state index < -0.39 is 0 Å². The zero-order chi connectivity index (χ0) is 19.5. The van der Waals surface area contributed by atoms with Gasteiger partial charge in [0.15, 0.2) is 11.0 Å². The van der Waals surface area contributed by atoms with Crippen molar-refractivity contribution in [1.82, 2.24) is 14.8 Å². The largest absolute Gasteiger partial charge is 0.270 e. The van der Waals surface area contributed by atoms with Crippen molar-refractivity contribution in [1.29, 1.82) is 0 Å². The van der Waals surface area contributed by atoms with Gasteiger partial charge in [0.05, 0.1) is 5.02 Å². The summed E-state index contributed by atoms with van der Waals surface area (Å²) >= 11 is 14.0. The summed E-state index contributed by atoms with van der Waals surface area (Å²) in [5.41, 5.74) is 2.67. The van der Waals surface area contributed by atoms with Crippen molar-refractivity contribution in [2.24, 2.45) is 0 Å². The lowest BCUT2D eigenvalue weighted by molar-refractivity contribution is 0.627. The standard InChI is InChI=1S/C21H14Cl2FN3S/c22-15-7-11-17(12-8-15)27-20(18-3-1-2-4-19(18)23)25-26-21(27)28-13-14-5-9-16(24)10-6-14/h1-12H,13H2. The first kappa shape index (κ1) is 19.0. The Balaban J connectivity index is 1.74. The van der Waals surface area contributed by atoms with Crippen LogP contribution in [0.5, 0.6) is 0 Å². The minimum atomic E-state index is -0.251. The molecule has 4 aromatic rings. The van der Waals surface area contributed by atoms with Crippen LogP contribution in [0.3, 0.4) is 0 Å². The first-order valence-electron chi connectivity index (χ1n) is 8.45. The van der Waals surface area contributed by atoms with E-state index in [4.69, 9.17) is 23.2 Å². The monoisotopic (exact) mass is 429 g/mol. The quantitative estimate of drug-likeness (QED) is 0.331. The Hall–Kier alpha value is -2.34. The van der Waals surface area contributed by atoms with E-state index in [9.17, 15) is 4.39 Å². The van der Waals surface area contributed by atoms with Crippen LogP contribution in [0.4, 0.5) is 4.39 Å². The third-order valence-electron chi connectivity index (χ3n) is 4.11. The van der Waals surface area contributed by atoms with Crippen molar-refractivity contribution in [2.75, 3.05) is 0 Å². The van der Waals surface area contributed by atoms with Crippen LogP contribution < -0.4 is 0 Å². The Labute approximate surface area is 176 Å². The molecule has 0 bridgehead atoms. The molecule has 0 radical (unpaired) electrons. The molecule has 1 aromatic heterocycles. The topological polar surface area (TPSA) is 30.7 Å². The van der Waals surface area contributed by atoms with Crippen molar-refractivity contribution >= 4 is 35.0 Å². The second kappa shape index (κ2) is 8.35. The summed E-state index contributed by atoms with van der Waals surface area (Å²) in [6.45, 7) is 0. The van der Waals surface area contributed by atoms with Gasteiger partial charge in [0, 0.05) is 22.0 Å². The number of rotatable bonds is 5. The molecule has 0 fully saturated rings. The predicted octanol–water partition coefficient (Wildman–Crippen LogP) is 6.67. The van der Waals surface area contributed by atoms with Gasteiger partial charge in [-0.25, -0.2) is 4.39 Å². The summed E-state index contributed by atoms with van der Waals surface area (Å²) < 4.78 is 15.1. The maximum Gasteiger partial charge on any atom is 0.196 e. The van der Waals surface area contributed by atoms with E-state index in [1.807, 2.05) is 53.1 Å². The van der Waals surface area contributed by atoms with Gasteiger partial charge in [0.25, 0.3) is 0 Å². The van der Waals surface area contributed by atoms with E-state index in [2.05, 4.69) is 10.2 Å². The van der Waals surface area contributed by atoms with Crippen LogP contribution in [0.25, 0.3) is 17.1 Å². The predicted molar refractivity (Wildman–Crippen MR) is 113 cm³/mol. The van der Waals surface area contributed by atoms with Crippen LogP contribution in [0.2, 0.25) is 10.0 Å². The second-order valence-electron chi connectivity index (χ2n) is 6.01. The highest BCUT2D eigenvalue weighted by Gasteiger charge is 2.18. The van der Waals surface area contributed by atoms with Crippen LogP contribution in [-0.2, 0) is 5.75 Å². The number of hydrogen-bond acceptors (Lipinski definition) is 3. The van der Waals surface area contributed by atoms with Crippen LogP contribution in [0.1, 0.15) is 5.56 Å².